The summed E-state index contributed by atoms with van der Waals surface area (Å²) in [5.74, 6) is 4.62. The lowest BCUT2D eigenvalue weighted by atomic mass is 10.1. The van der Waals surface area contributed by atoms with Gasteiger partial charge in [0.05, 0.1) is 24.3 Å². The van der Waals surface area contributed by atoms with Crippen LogP contribution >= 0.6 is 0 Å². The van der Waals surface area contributed by atoms with E-state index in [1.54, 1.807) is 34.4 Å². The minimum absolute atomic E-state index is 0.0823. The third-order valence-corrected chi connectivity index (χ3v) is 3.97. The quantitative estimate of drug-likeness (QED) is 0.353. The van der Waals surface area contributed by atoms with Gasteiger partial charge in [-0.05, 0) is 18.2 Å². The highest BCUT2D eigenvalue weighted by molar-refractivity contribution is 5.69. The summed E-state index contributed by atoms with van der Waals surface area (Å²) in [7, 11) is 0. The van der Waals surface area contributed by atoms with E-state index < -0.39 is 17.6 Å². The topological polar surface area (TPSA) is 94.8 Å². The number of hydrazine groups is 1. The molecular formula is C18H16F4N6. The van der Waals surface area contributed by atoms with Gasteiger partial charge in [0.1, 0.15) is 11.5 Å². The molecule has 0 aliphatic rings. The van der Waals surface area contributed by atoms with Crippen LogP contribution in [-0.2, 0) is 6.54 Å². The van der Waals surface area contributed by atoms with Crippen LogP contribution in [0.4, 0.5) is 17.6 Å². The summed E-state index contributed by atoms with van der Waals surface area (Å²) in [6.07, 6.45) is -0.316. The van der Waals surface area contributed by atoms with Crippen molar-refractivity contribution < 1.29 is 17.6 Å². The molecule has 0 aliphatic heterocycles. The Balaban J connectivity index is 1.90. The molecule has 5 N–H and O–H groups in total. The molecule has 0 spiro atoms. The van der Waals surface area contributed by atoms with Gasteiger partial charge in [-0.25, -0.2) is 9.37 Å². The second kappa shape index (κ2) is 7.69. The van der Waals surface area contributed by atoms with Crippen molar-refractivity contribution in [1.29, 1.82) is 0 Å². The minimum Gasteiger partial charge on any atom is -0.397 e. The van der Waals surface area contributed by atoms with Crippen LogP contribution in [0.2, 0.25) is 0 Å². The van der Waals surface area contributed by atoms with E-state index in [2.05, 4.69) is 9.97 Å². The number of halogens is 4. The predicted octanol–water partition coefficient (Wildman–Crippen LogP) is 2.79. The molecule has 6 nitrogen and oxygen atoms in total. The molecule has 0 amide bonds. The Bertz CT molecular complexity index is 1010. The Morgan fingerprint density at radius 2 is 1.86 bits per heavy atom. The lowest BCUT2D eigenvalue weighted by Crippen LogP contribution is -2.34. The van der Waals surface area contributed by atoms with Crippen LogP contribution in [0.25, 0.3) is 17.1 Å². The zero-order chi connectivity index (χ0) is 20.3. The average molecular weight is 392 g/mol. The molecule has 1 aromatic carbocycles. The van der Waals surface area contributed by atoms with Gasteiger partial charge in [0, 0.05) is 23.5 Å². The van der Waals surface area contributed by atoms with E-state index in [1.165, 1.54) is 30.7 Å². The van der Waals surface area contributed by atoms with Gasteiger partial charge < -0.3 is 15.7 Å². The van der Waals surface area contributed by atoms with E-state index in [9.17, 15) is 17.6 Å². The van der Waals surface area contributed by atoms with Crippen molar-refractivity contribution in [3.8, 4) is 11.4 Å². The fourth-order valence-electron chi connectivity index (χ4n) is 2.60. The molecule has 0 saturated heterocycles. The van der Waals surface area contributed by atoms with Crippen LogP contribution in [0, 0.1) is 5.82 Å². The molecule has 3 aromatic rings. The molecule has 0 radical (unpaired) electrons. The fourth-order valence-corrected chi connectivity index (χ4v) is 2.60. The number of alkyl halides is 3. The summed E-state index contributed by atoms with van der Waals surface area (Å²) >= 11 is 0. The van der Waals surface area contributed by atoms with Crippen molar-refractivity contribution in [1.82, 2.24) is 20.0 Å². The fraction of sp³-hybridized carbons (Fsp3) is 0.111. The molecule has 2 aromatic heterocycles. The maximum Gasteiger partial charge on any atom is 0.434 e. The van der Waals surface area contributed by atoms with Gasteiger partial charge in [0.25, 0.3) is 0 Å². The number of allylic oxidation sites excluding steroid dienone is 1. The van der Waals surface area contributed by atoms with Crippen molar-refractivity contribution in [2.75, 3.05) is 0 Å². The molecule has 146 valence electrons. The number of nitrogens with zero attached hydrogens (tertiary/aromatic N) is 3. The van der Waals surface area contributed by atoms with Gasteiger partial charge in [-0.3, -0.25) is 10.8 Å². The number of nitrogens with one attached hydrogen (secondary N) is 1. The highest BCUT2D eigenvalue weighted by Crippen LogP contribution is 2.28. The summed E-state index contributed by atoms with van der Waals surface area (Å²) < 4.78 is 54.4. The summed E-state index contributed by atoms with van der Waals surface area (Å²) in [6, 6.07) is 9.03. The Kier molecular flexibility index (Phi) is 5.32. The van der Waals surface area contributed by atoms with Crippen molar-refractivity contribution in [2.24, 2.45) is 11.6 Å². The van der Waals surface area contributed by atoms with Crippen LogP contribution in [-0.4, -0.2) is 20.7 Å². The summed E-state index contributed by atoms with van der Waals surface area (Å²) in [6.45, 7) is 0.247. The smallest absolute Gasteiger partial charge is 0.397 e. The first-order chi connectivity index (χ1) is 13.3. The van der Waals surface area contributed by atoms with Gasteiger partial charge in [-0.15, -0.1) is 0 Å². The van der Waals surface area contributed by atoms with Gasteiger partial charge >= 0.3 is 6.18 Å². The molecule has 28 heavy (non-hydrogen) atoms. The molecule has 10 heteroatoms. The first-order valence-electron chi connectivity index (χ1n) is 8.05. The van der Waals surface area contributed by atoms with Crippen LogP contribution in [0.5, 0.6) is 0 Å². The lowest BCUT2D eigenvalue weighted by Gasteiger charge is -2.14. The molecular weight excluding hydrogens is 376 g/mol. The first-order valence-corrected chi connectivity index (χ1v) is 8.05. The van der Waals surface area contributed by atoms with Gasteiger partial charge in [-0.1, -0.05) is 18.2 Å². The first kappa shape index (κ1) is 19.4. The molecule has 2 heterocycles. The summed E-state index contributed by atoms with van der Waals surface area (Å²) in [4.78, 5) is 8.30. The van der Waals surface area contributed by atoms with E-state index in [0.29, 0.717) is 17.0 Å². The Labute approximate surface area is 157 Å². The predicted molar refractivity (Wildman–Crippen MR) is 95.4 cm³/mol. The Hall–Kier alpha value is -3.40. The zero-order valence-corrected chi connectivity index (χ0v) is 14.4. The van der Waals surface area contributed by atoms with Crippen molar-refractivity contribution in [3.05, 3.63) is 77.8 Å². The zero-order valence-electron chi connectivity index (χ0n) is 14.4. The van der Waals surface area contributed by atoms with E-state index in [4.69, 9.17) is 11.6 Å². The second-order valence-corrected chi connectivity index (χ2v) is 5.88. The second-order valence-electron chi connectivity index (χ2n) is 5.88. The molecule has 0 bridgehead atoms. The van der Waals surface area contributed by atoms with Gasteiger partial charge in [0.15, 0.2) is 5.70 Å². The summed E-state index contributed by atoms with van der Waals surface area (Å²) in [5, 5.41) is 0. The van der Waals surface area contributed by atoms with Crippen molar-refractivity contribution >= 4 is 5.70 Å². The largest absolute Gasteiger partial charge is 0.434 e. The lowest BCUT2D eigenvalue weighted by molar-refractivity contribution is -0.0961. The van der Waals surface area contributed by atoms with Crippen molar-refractivity contribution in [2.45, 2.75) is 12.7 Å². The molecule has 0 atom stereocenters. The average Bonchev–Trinajstić information content (AvgIpc) is 3.12. The molecule has 0 aliphatic carbocycles. The highest BCUT2D eigenvalue weighted by Gasteiger charge is 2.36. The van der Waals surface area contributed by atoms with Crippen molar-refractivity contribution in [3.63, 3.8) is 0 Å². The Morgan fingerprint density at radius 3 is 2.54 bits per heavy atom. The highest BCUT2D eigenvalue weighted by atomic mass is 19.4. The SMILES string of the molecule is NN/C(=C(\N)c1ccnc(-c2cn(Cc3ccccc3F)cn2)c1)C(F)(F)F. The van der Waals surface area contributed by atoms with Gasteiger partial charge in [0.2, 0.25) is 0 Å². The van der Waals surface area contributed by atoms with E-state index >= 15 is 0 Å². The van der Waals surface area contributed by atoms with E-state index in [1.807, 2.05) is 0 Å². The number of hydrogen-bond acceptors (Lipinski definition) is 5. The number of hydrogen-bond donors (Lipinski definition) is 3. The standard InChI is InChI=1S/C18H16F4N6/c19-13-4-2-1-3-12(13)8-28-9-15(26-10-28)14-7-11(5-6-25-14)16(23)17(27-24)18(20,21)22/h1-7,9-10,27H,8,23-24H2/b17-16-. The number of rotatable bonds is 5. The maximum absolute atomic E-state index is 13.8. The number of benzene rings is 1. The Morgan fingerprint density at radius 1 is 1.11 bits per heavy atom. The maximum atomic E-state index is 13.8. The molecule has 0 saturated carbocycles. The number of imidazole rings is 1. The monoisotopic (exact) mass is 392 g/mol. The van der Waals surface area contributed by atoms with Crippen LogP contribution in [0.3, 0.4) is 0 Å². The summed E-state index contributed by atoms with van der Waals surface area (Å²) in [5.41, 5.74) is 6.67. The number of aromatic nitrogens is 3. The third-order valence-electron chi connectivity index (χ3n) is 3.97. The van der Waals surface area contributed by atoms with Gasteiger partial charge in [-0.2, -0.15) is 13.2 Å². The third kappa shape index (κ3) is 4.12. The normalized spacial score (nSPS) is 12.6. The van der Waals surface area contributed by atoms with Crippen LogP contribution in [0.1, 0.15) is 11.1 Å². The molecule has 0 unspecified atom stereocenters. The minimum atomic E-state index is -4.73. The number of nitrogens with two attached hydrogens (primary N) is 2. The van der Waals surface area contributed by atoms with Crippen LogP contribution < -0.4 is 17.0 Å². The molecule has 0 fully saturated rings. The van der Waals surface area contributed by atoms with Crippen LogP contribution in [0.15, 0.2) is 60.8 Å². The van der Waals surface area contributed by atoms with E-state index in [0.717, 1.165) is 0 Å². The van der Waals surface area contributed by atoms with E-state index in [-0.39, 0.29) is 17.9 Å². The number of pyridine rings is 1. The molecule has 3 rings (SSSR count).